The van der Waals surface area contributed by atoms with Crippen molar-refractivity contribution in [3.05, 3.63) is 77.3 Å². The summed E-state index contributed by atoms with van der Waals surface area (Å²) in [5.74, 6) is 0. The molecule has 0 aliphatic carbocycles. The van der Waals surface area contributed by atoms with Gasteiger partial charge in [-0.3, -0.25) is 4.72 Å². The second-order valence-electron chi connectivity index (χ2n) is 4.74. The van der Waals surface area contributed by atoms with Crippen molar-refractivity contribution in [3.8, 4) is 0 Å². The number of benzene rings is 2. The third-order valence-corrected chi connectivity index (χ3v) is 4.62. The number of halogens is 1. The zero-order valence-electron chi connectivity index (χ0n) is 12.1. The highest BCUT2D eigenvalue weighted by atomic mass is 35.5. The van der Waals surface area contributed by atoms with Crippen LogP contribution in [0.25, 0.3) is 6.08 Å². The molecule has 0 aliphatic rings. The van der Waals surface area contributed by atoms with Crippen LogP contribution in [0.3, 0.4) is 0 Å². The van der Waals surface area contributed by atoms with E-state index in [1.54, 1.807) is 60.7 Å². The molecule has 0 radical (unpaired) electrons. The van der Waals surface area contributed by atoms with Gasteiger partial charge in [-0.1, -0.05) is 54.1 Å². The van der Waals surface area contributed by atoms with Crippen molar-refractivity contribution in [1.29, 1.82) is 0 Å². The Bertz CT molecular complexity index is 809. The van der Waals surface area contributed by atoms with Gasteiger partial charge in [0.2, 0.25) is 0 Å². The van der Waals surface area contributed by atoms with Crippen LogP contribution in [0.5, 0.6) is 0 Å². The molecule has 0 spiro atoms. The number of hydrogen-bond donors (Lipinski definition) is 1. The summed E-state index contributed by atoms with van der Waals surface area (Å²) >= 11 is 5.96. The molecular formula is C17H16ClNO2S. The number of rotatable bonds is 5. The Labute approximate surface area is 136 Å². The first-order chi connectivity index (χ1) is 10.4. The van der Waals surface area contributed by atoms with Crippen molar-refractivity contribution in [3.63, 3.8) is 0 Å². The highest BCUT2D eigenvalue weighted by Crippen LogP contribution is 2.25. The number of aryl methyl sites for hydroxylation is 1. The molecule has 2 aromatic rings. The third kappa shape index (κ3) is 4.00. The van der Waals surface area contributed by atoms with Gasteiger partial charge in [0.15, 0.2) is 0 Å². The van der Waals surface area contributed by atoms with E-state index < -0.39 is 10.0 Å². The van der Waals surface area contributed by atoms with E-state index in [0.717, 1.165) is 5.56 Å². The van der Waals surface area contributed by atoms with E-state index >= 15 is 0 Å². The Kier molecular flexibility index (Phi) is 5.06. The molecule has 0 heterocycles. The molecule has 0 atom stereocenters. The Morgan fingerprint density at radius 2 is 1.82 bits per heavy atom. The molecule has 3 nitrogen and oxygen atoms in total. The van der Waals surface area contributed by atoms with Gasteiger partial charge in [-0.15, -0.1) is 0 Å². The normalized spacial score (nSPS) is 11.5. The van der Waals surface area contributed by atoms with Crippen molar-refractivity contribution < 1.29 is 8.42 Å². The molecule has 0 unspecified atom stereocenters. The third-order valence-electron chi connectivity index (χ3n) is 3.00. The maximum absolute atomic E-state index is 12.4. The van der Waals surface area contributed by atoms with Gasteiger partial charge in [0.25, 0.3) is 10.0 Å². The van der Waals surface area contributed by atoms with Crippen molar-refractivity contribution >= 4 is 33.4 Å². The molecular weight excluding hydrogens is 318 g/mol. The Morgan fingerprint density at radius 3 is 2.45 bits per heavy atom. The van der Waals surface area contributed by atoms with Crippen LogP contribution < -0.4 is 4.72 Å². The van der Waals surface area contributed by atoms with Crippen LogP contribution in [0.15, 0.2) is 66.1 Å². The van der Waals surface area contributed by atoms with Crippen LogP contribution >= 0.6 is 11.6 Å². The van der Waals surface area contributed by atoms with Crippen molar-refractivity contribution in [2.24, 2.45) is 0 Å². The quantitative estimate of drug-likeness (QED) is 0.810. The van der Waals surface area contributed by atoms with Gasteiger partial charge in [-0.25, -0.2) is 8.42 Å². The van der Waals surface area contributed by atoms with Gasteiger partial charge in [0.05, 0.1) is 10.6 Å². The summed E-state index contributed by atoms with van der Waals surface area (Å²) in [6.45, 7) is 5.50. The van der Waals surface area contributed by atoms with E-state index in [9.17, 15) is 8.42 Å². The molecule has 0 aliphatic heterocycles. The van der Waals surface area contributed by atoms with Gasteiger partial charge in [0.1, 0.15) is 0 Å². The molecule has 0 aromatic heterocycles. The predicted molar refractivity (Wildman–Crippen MR) is 92.7 cm³/mol. The Balaban J connectivity index is 2.39. The topological polar surface area (TPSA) is 46.2 Å². The summed E-state index contributed by atoms with van der Waals surface area (Å²) in [6, 6.07) is 11.6. The second kappa shape index (κ2) is 6.81. The van der Waals surface area contributed by atoms with Crippen LogP contribution in [0.2, 0.25) is 5.02 Å². The first-order valence-corrected chi connectivity index (χ1v) is 8.46. The van der Waals surface area contributed by atoms with Crippen LogP contribution in [-0.4, -0.2) is 8.42 Å². The van der Waals surface area contributed by atoms with E-state index in [2.05, 4.69) is 11.3 Å². The lowest BCUT2D eigenvalue weighted by molar-refractivity contribution is 0.601. The average Bonchev–Trinajstić information content (AvgIpc) is 2.48. The van der Waals surface area contributed by atoms with E-state index in [-0.39, 0.29) is 4.90 Å². The summed E-state index contributed by atoms with van der Waals surface area (Å²) in [5, 5.41) is 0.530. The van der Waals surface area contributed by atoms with Crippen LogP contribution in [0.1, 0.15) is 11.1 Å². The summed E-state index contributed by atoms with van der Waals surface area (Å²) in [6.07, 6.45) is 5.07. The standard InChI is InChI=1S/C17H16ClNO2S/c1-3-4-5-14-12-15(18)8-11-17(14)19-22(20,21)16-9-6-13(2)7-10-16/h3-12,19H,1H2,2H3/b5-4-. The molecule has 2 rings (SSSR count). The lowest BCUT2D eigenvalue weighted by Gasteiger charge is -2.11. The molecule has 2 aromatic carbocycles. The van der Waals surface area contributed by atoms with Gasteiger partial charge in [0, 0.05) is 10.6 Å². The molecule has 22 heavy (non-hydrogen) atoms. The van der Waals surface area contributed by atoms with Crippen LogP contribution in [0, 0.1) is 6.92 Å². The van der Waals surface area contributed by atoms with E-state index in [4.69, 9.17) is 11.6 Å². The van der Waals surface area contributed by atoms with Gasteiger partial charge < -0.3 is 0 Å². The predicted octanol–water partition coefficient (Wildman–Crippen LogP) is 4.65. The molecule has 0 saturated heterocycles. The summed E-state index contributed by atoms with van der Waals surface area (Å²) in [4.78, 5) is 0.215. The maximum atomic E-state index is 12.4. The molecule has 0 amide bonds. The van der Waals surface area contributed by atoms with Crippen LogP contribution in [-0.2, 0) is 10.0 Å². The summed E-state index contributed by atoms with van der Waals surface area (Å²) in [5.41, 5.74) is 2.13. The molecule has 1 N–H and O–H groups in total. The summed E-state index contributed by atoms with van der Waals surface area (Å²) < 4.78 is 27.5. The minimum atomic E-state index is -3.64. The Hall–Kier alpha value is -2.04. The molecule has 0 bridgehead atoms. The largest absolute Gasteiger partial charge is 0.279 e. The fourth-order valence-electron chi connectivity index (χ4n) is 1.86. The second-order valence-corrected chi connectivity index (χ2v) is 6.86. The van der Waals surface area contributed by atoms with E-state index in [1.165, 1.54) is 0 Å². The van der Waals surface area contributed by atoms with Gasteiger partial charge >= 0.3 is 0 Å². The number of allylic oxidation sites excluding steroid dienone is 2. The Morgan fingerprint density at radius 1 is 1.14 bits per heavy atom. The highest BCUT2D eigenvalue weighted by Gasteiger charge is 2.15. The van der Waals surface area contributed by atoms with E-state index in [0.29, 0.717) is 16.3 Å². The molecule has 0 fully saturated rings. The molecule has 5 heteroatoms. The summed E-state index contributed by atoms with van der Waals surface area (Å²) in [7, 11) is -3.64. The minimum absolute atomic E-state index is 0.215. The number of hydrogen-bond acceptors (Lipinski definition) is 2. The minimum Gasteiger partial charge on any atom is -0.279 e. The number of nitrogens with one attached hydrogen (secondary N) is 1. The lowest BCUT2D eigenvalue weighted by atomic mass is 10.1. The first-order valence-electron chi connectivity index (χ1n) is 6.60. The smallest absolute Gasteiger partial charge is 0.261 e. The van der Waals surface area contributed by atoms with E-state index in [1.807, 2.05) is 6.92 Å². The van der Waals surface area contributed by atoms with Gasteiger partial charge in [-0.2, -0.15) is 0 Å². The lowest BCUT2D eigenvalue weighted by Crippen LogP contribution is -2.13. The van der Waals surface area contributed by atoms with Crippen molar-refractivity contribution in [2.75, 3.05) is 4.72 Å². The average molecular weight is 334 g/mol. The maximum Gasteiger partial charge on any atom is 0.261 e. The van der Waals surface area contributed by atoms with Crippen molar-refractivity contribution in [1.82, 2.24) is 0 Å². The van der Waals surface area contributed by atoms with Crippen LogP contribution in [0.4, 0.5) is 5.69 Å². The SMILES string of the molecule is C=C/C=C\c1cc(Cl)ccc1NS(=O)(=O)c1ccc(C)cc1. The fraction of sp³-hybridized carbons (Fsp3) is 0.0588. The monoisotopic (exact) mass is 333 g/mol. The zero-order valence-corrected chi connectivity index (χ0v) is 13.7. The van der Waals surface area contributed by atoms with Gasteiger partial charge in [-0.05, 0) is 37.3 Å². The molecule has 0 saturated carbocycles. The molecule has 114 valence electrons. The number of anilines is 1. The fourth-order valence-corrected chi connectivity index (χ4v) is 3.13. The first kappa shape index (κ1) is 16.3. The highest BCUT2D eigenvalue weighted by molar-refractivity contribution is 7.92. The zero-order chi connectivity index (χ0) is 16.2. The number of sulfonamides is 1. The van der Waals surface area contributed by atoms with Crippen molar-refractivity contribution in [2.45, 2.75) is 11.8 Å².